The first kappa shape index (κ1) is 18.4. The van der Waals surface area contributed by atoms with Crippen LogP contribution in [0.1, 0.15) is 0 Å². The van der Waals surface area contributed by atoms with E-state index in [1.54, 1.807) is 23.4 Å². The average molecular weight is 332 g/mol. The molecule has 106 valence electrons. The Morgan fingerprint density at radius 1 is 1.00 bits per heavy atom. The molecule has 4 atom stereocenters. The lowest BCUT2D eigenvalue weighted by atomic mass is 10.3. The predicted octanol–water partition coefficient (Wildman–Crippen LogP) is 0.718. The molecule has 0 fully saturated rings. The van der Waals surface area contributed by atoms with Crippen LogP contribution in [0.25, 0.3) is 0 Å². The van der Waals surface area contributed by atoms with Crippen molar-refractivity contribution in [2.75, 3.05) is 25.6 Å². The van der Waals surface area contributed by atoms with E-state index in [0.29, 0.717) is 11.5 Å². The molecule has 6 nitrogen and oxygen atoms in total. The summed E-state index contributed by atoms with van der Waals surface area (Å²) in [5.41, 5.74) is 0. The molecule has 0 aromatic rings. The Kier molecular flexibility index (Phi) is 9.56. The van der Waals surface area contributed by atoms with Crippen LogP contribution in [-0.2, 0) is 9.59 Å². The minimum atomic E-state index is -0.890. The highest BCUT2D eigenvalue weighted by Gasteiger charge is 2.22. The summed E-state index contributed by atoms with van der Waals surface area (Å²) in [6.07, 6.45) is 0. The van der Waals surface area contributed by atoms with Crippen molar-refractivity contribution in [1.82, 2.24) is 9.34 Å². The molecule has 0 aromatic carbocycles. The summed E-state index contributed by atoms with van der Waals surface area (Å²) in [6, 6.07) is -1.19. The Morgan fingerprint density at radius 3 is 1.44 bits per heavy atom. The van der Waals surface area contributed by atoms with Crippen LogP contribution in [0.5, 0.6) is 0 Å². The first-order valence-electron chi connectivity index (χ1n) is 4.92. The maximum absolute atomic E-state index is 10.9. The van der Waals surface area contributed by atoms with Crippen LogP contribution in [0, 0.1) is 0 Å². The van der Waals surface area contributed by atoms with Crippen molar-refractivity contribution in [3.63, 3.8) is 0 Å². The Balaban J connectivity index is 4.04. The fourth-order valence-corrected chi connectivity index (χ4v) is 4.28. The Morgan fingerprint density at radius 2 is 1.28 bits per heavy atom. The second-order valence-corrected chi connectivity index (χ2v) is 7.79. The predicted molar refractivity (Wildman–Crippen MR) is 82.7 cm³/mol. The van der Waals surface area contributed by atoms with Gasteiger partial charge in [-0.1, -0.05) is 40.4 Å². The van der Waals surface area contributed by atoms with Crippen LogP contribution < -0.4 is 0 Å². The number of carbonyl (C=O) groups is 2. The smallest absolute Gasteiger partial charge is 0.322 e. The minimum absolute atomic E-state index is 0.396. The van der Waals surface area contributed by atoms with Gasteiger partial charge < -0.3 is 10.2 Å². The van der Waals surface area contributed by atoms with Crippen molar-refractivity contribution in [1.29, 1.82) is 0 Å². The van der Waals surface area contributed by atoms with Crippen molar-refractivity contribution in [3.8, 4) is 0 Å². The van der Waals surface area contributed by atoms with Gasteiger partial charge in [0.05, 0.1) is 0 Å². The van der Waals surface area contributed by atoms with Gasteiger partial charge in [-0.15, -0.1) is 0 Å². The summed E-state index contributed by atoms with van der Waals surface area (Å²) >= 11 is 0. The van der Waals surface area contributed by atoms with Crippen molar-refractivity contribution < 1.29 is 19.8 Å². The third-order valence-electron chi connectivity index (χ3n) is 2.09. The van der Waals surface area contributed by atoms with Crippen molar-refractivity contribution in [3.05, 3.63) is 0 Å². The number of rotatable bonds is 9. The molecule has 0 aliphatic heterocycles. The zero-order valence-corrected chi connectivity index (χ0v) is 14.1. The van der Waals surface area contributed by atoms with Crippen molar-refractivity contribution >= 4 is 52.3 Å². The van der Waals surface area contributed by atoms with Gasteiger partial charge in [0.25, 0.3) is 0 Å². The Labute approximate surface area is 119 Å². The van der Waals surface area contributed by atoms with Crippen LogP contribution in [0.3, 0.4) is 0 Å². The molecular weight excluding hydrogens is 314 g/mol. The SMILES string of the molecule is CN(P)[C@@H](CSSC[C@@H](C(=O)O)N(C)P)C(=O)O. The van der Waals surface area contributed by atoms with Gasteiger partial charge in [-0.2, -0.15) is 0 Å². The van der Waals surface area contributed by atoms with Crippen LogP contribution in [-0.4, -0.2) is 69.2 Å². The van der Waals surface area contributed by atoms with Gasteiger partial charge in [0.15, 0.2) is 0 Å². The number of aliphatic carboxylic acids is 2. The molecule has 2 unspecified atom stereocenters. The van der Waals surface area contributed by atoms with E-state index < -0.39 is 24.0 Å². The molecule has 0 saturated heterocycles. The molecule has 0 aromatic heterocycles. The quantitative estimate of drug-likeness (QED) is 0.363. The molecule has 0 radical (unpaired) electrons. The molecule has 0 bridgehead atoms. The second-order valence-electron chi connectivity index (χ2n) is 3.61. The molecule has 0 heterocycles. The number of hydrogen-bond donors (Lipinski definition) is 2. The summed E-state index contributed by atoms with van der Waals surface area (Å²) in [5, 5.41) is 17.9. The maximum atomic E-state index is 10.9. The van der Waals surface area contributed by atoms with E-state index in [1.165, 1.54) is 21.6 Å². The maximum Gasteiger partial charge on any atom is 0.322 e. The molecule has 0 rings (SSSR count). The lowest BCUT2D eigenvalue weighted by molar-refractivity contribution is -0.141. The number of carboxylic acids is 2. The van der Waals surface area contributed by atoms with Gasteiger partial charge in [0.1, 0.15) is 12.1 Å². The lowest BCUT2D eigenvalue weighted by Crippen LogP contribution is -2.35. The largest absolute Gasteiger partial charge is 0.480 e. The summed E-state index contributed by atoms with van der Waals surface area (Å²) in [7, 11) is 10.7. The highest BCUT2D eigenvalue weighted by atomic mass is 33.1. The monoisotopic (exact) mass is 332 g/mol. The van der Waals surface area contributed by atoms with E-state index in [9.17, 15) is 9.59 Å². The average Bonchev–Trinajstić information content (AvgIpc) is 2.20. The Bertz CT molecular complexity index is 266. The fraction of sp³-hybridized carbons (Fsp3) is 0.750. The van der Waals surface area contributed by atoms with Crippen molar-refractivity contribution in [2.45, 2.75) is 12.1 Å². The van der Waals surface area contributed by atoms with E-state index in [2.05, 4.69) is 18.8 Å². The molecule has 10 heteroatoms. The zero-order valence-electron chi connectivity index (χ0n) is 10.1. The molecule has 0 amide bonds. The van der Waals surface area contributed by atoms with Gasteiger partial charge in [0.2, 0.25) is 0 Å². The van der Waals surface area contributed by atoms with E-state index in [-0.39, 0.29) is 0 Å². The zero-order chi connectivity index (χ0) is 14.3. The minimum Gasteiger partial charge on any atom is -0.480 e. The van der Waals surface area contributed by atoms with Crippen molar-refractivity contribution in [2.24, 2.45) is 0 Å². The number of carboxylic acid groups (broad SMARTS) is 2. The molecule has 2 N–H and O–H groups in total. The number of nitrogens with zero attached hydrogens (tertiary/aromatic N) is 2. The highest BCUT2D eigenvalue weighted by molar-refractivity contribution is 8.76. The van der Waals surface area contributed by atoms with Crippen LogP contribution in [0.2, 0.25) is 0 Å². The molecule has 0 spiro atoms. The molecule has 0 aliphatic carbocycles. The van der Waals surface area contributed by atoms with E-state index in [1.807, 2.05) is 0 Å². The molecule has 18 heavy (non-hydrogen) atoms. The van der Waals surface area contributed by atoms with E-state index in [0.717, 1.165) is 0 Å². The summed E-state index contributed by atoms with van der Waals surface area (Å²) in [5.74, 6) is -0.989. The first-order chi connectivity index (χ1) is 8.27. The van der Waals surface area contributed by atoms with Gasteiger partial charge in [-0.3, -0.25) is 18.9 Å². The van der Waals surface area contributed by atoms with Gasteiger partial charge >= 0.3 is 11.9 Å². The Hall–Kier alpha value is 0.420. The number of likely N-dealkylation sites (N-methyl/N-ethyl adjacent to an activating group) is 2. The molecule has 0 saturated carbocycles. The van der Waals surface area contributed by atoms with Crippen LogP contribution in [0.15, 0.2) is 0 Å². The van der Waals surface area contributed by atoms with Crippen LogP contribution >= 0.6 is 40.4 Å². The first-order valence-corrected chi connectivity index (χ1v) is 8.44. The number of hydrogen-bond acceptors (Lipinski definition) is 6. The summed E-state index contributed by atoms with van der Waals surface area (Å²) in [4.78, 5) is 21.8. The fourth-order valence-electron chi connectivity index (χ4n) is 0.951. The second kappa shape index (κ2) is 9.34. The molecular formula is C8H18N2O4P2S2. The topological polar surface area (TPSA) is 81.1 Å². The van der Waals surface area contributed by atoms with E-state index >= 15 is 0 Å². The lowest BCUT2D eigenvalue weighted by Gasteiger charge is -2.21. The third-order valence-corrected chi connectivity index (χ3v) is 5.20. The third kappa shape index (κ3) is 7.12. The standard InChI is InChI=1S/C8H18N2O4P2S2/c1-9(15)5(7(11)12)3-17-18-4-6(8(13)14)10(2)16/h5-6H,3-4,15-16H2,1-2H3,(H,11,12)(H,13,14)/t5-,6-/m0/s1. The highest BCUT2D eigenvalue weighted by Crippen LogP contribution is 2.26. The van der Waals surface area contributed by atoms with Gasteiger partial charge in [-0.05, 0) is 14.1 Å². The molecule has 0 aliphatic rings. The van der Waals surface area contributed by atoms with E-state index in [4.69, 9.17) is 10.2 Å². The van der Waals surface area contributed by atoms with Gasteiger partial charge in [0, 0.05) is 11.5 Å². The van der Waals surface area contributed by atoms with Gasteiger partial charge in [-0.25, -0.2) is 0 Å². The van der Waals surface area contributed by atoms with Crippen LogP contribution in [0.4, 0.5) is 0 Å². The summed E-state index contributed by atoms with van der Waals surface area (Å²) in [6.45, 7) is 0. The summed E-state index contributed by atoms with van der Waals surface area (Å²) < 4.78 is 3.10. The normalized spacial score (nSPS) is 14.8.